The molecule has 0 radical (unpaired) electrons. The molecule has 3 aromatic carbocycles. The molecule has 0 aliphatic heterocycles. The normalized spacial score (nSPS) is 22.2. The average Bonchev–Trinajstić information content (AvgIpc) is 3.50. The Morgan fingerprint density at radius 1 is 0.444 bits per heavy atom. The van der Waals surface area contributed by atoms with Crippen molar-refractivity contribution < 1.29 is 0 Å². The zero-order chi connectivity index (χ0) is 30.0. The van der Waals surface area contributed by atoms with Crippen LogP contribution in [0.1, 0.15) is 128 Å². The number of fused-ring (bicyclic) bond motifs is 3. The number of hydrogen-bond acceptors (Lipinski definition) is 0. The highest BCUT2D eigenvalue weighted by molar-refractivity contribution is 7.78. The van der Waals surface area contributed by atoms with Gasteiger partial charge in [-0.3, -0.25) is 0 Å². The van der Waals surface area contributed by atoms with Gasteiger partial charge in [0.15, 0.2) is 14.2 Å². The smallest absolute Gasteiger partial charge is 0.0630 e. The predicted octanol–water partition coefficient (Wildman–Crippen LogP) is 13.3. The topological polar surface area (TPSA) is 0 Å². The third-order valence-corrected chi connectivity index (χ3v) is 22.4. The van der Waals surface area contributed by atoms with E-state index >= 15 is 0 Å². The van der Waals surface area contributed by atoms with E-state index in [2.05, 4.69) is 66.7 Å². The number of benzene rings is 3. The summed E-state index contributed by atoms with van der Waals surface area (Å²) in [4.78, 5) is 1.78. The molecule has 3 heteroatoms. The maximum atomic E-state index is 2.84. The van der Waals surface area contributed by atoms with Crippen LogP contribution in [0.25, 0.3) is 25.8 Å². The fourth-order valence-electron chi connectivity index (χ4n) is 9.94. The minimum absolute atomic E-state index is 0.0722. The molecule has 45 heavy (non-hydrogen) atoms. The quantitative estimate of drug-likeness (QED) is 0.138. The maximum Gasteiger partial charge on any atom is 0.187 e. The second kappa shape index (κ2) is 14.5. The van der Waals surface area contributed by atoms with Gasteiger partial charge in [0.25, 0.3) is 0 Å². The van der Waals surface area contributed by atoms with Crippen LogP contribution in [0.3, 0.4) is 0 Å². The largest absolute Gasteiger partial charge is 0.187 e. The Bertz CT molecular complexity index is 1530. The molecule has 4 aliphatic rings. The molecule has 1 atom stereocenters. The van der Waals surface area contributed by atoms with Gasteiger partial charge >= 0.3 is 0 Å². The molecule has 1 aromatic heterocycles. The molecule has 238 valence electrons. The third-order valence-electron chi connectivity index (χ3n) is 12.1. The Morgan fingerprint density at radius 2 is 0.933 bits per heavy atom. The molecule has 0 nitrogen and oxygen atoms in total. The SMILES string of the molecule is c1ccc(-[s+]2c(P(C3CCCCC3)C3CCCCC3)cc3c4ccccc4ccc32)c(P(C2CCCCC2)C2CCCCC2)c1. The van der Waals surface area contributed by atoms with Crippen molar-refractivity contribution >= 4 is 57.1 Å². The Kier molecular flexibility index (Phi) is 9.98. The van der Waals surface area contributed by atoms with E-state index in [0.717, 1.165) is 22.6 Å². The van der Waals surface area contributed by atoms with Crippen LogP contribution in [0.15, 0.2) is 66.7 Å². The number of rotatable bonds is 7. The lowest BCUT2D eigenvalue weighted by molar-refractivity contribution is 0.487. The Hall–Kier alpha value is -1.26. The van der Waals surface area contributed by atoms with Crippen LogP contribution in [-0.4, -0.2) is 22.6 Å². The van der Waals surface area contributed by atoms with Crippen LogP contribution < -0.4 is 9.92 Å². The van der Waals surface area contributed by atoms with Crippen molar-refractivity contribution in [3.05, 3.63) is 66.7 Å². The molecular formula is C42H55P2S+. The van der Waals surface area contributed by atoms with Crippen molar-refractivity contribution in [1.29, 1.82) is 0 Å². The van der Waals surface area contributed by atoms with Crippen molar-refractivity contribution in [2.45, 2.75) is 151 Å². The van der Waals surface area contributed by atoms with E-state index in [0.29, 0.717) is 0 Å². The summed E-state index contributed by atoms with van der Waals surface area (Å²) in [6.45, 7) is 0. The van der Waals surface area contributed by atoms with Crippen molar-refractivity contribution in [3.63, 3.8) is 0 Å². The van der Waals surface area contributed by atoms with Crippen LogP contribution in [-0.2, 0) is 0 Å². The Balaban J connectivity index is 1.35. The van der Waals surface area contributed by atoms with E-state index in [1.165, 1.54) is 139 Å². The lowest BCUT2D eigenvalue weighted by Gasteiger charge is -2.39. The van der Waals surface area contributed by atoms with Gasteiger partial charge in [0.1, 0.15) is 0 Å². The lowest BCUT2D eigenvalue weighted by atomic mass is 9.99. The highest BCUT2D eigenvalue weighted by Gasteiger charge is 2.42. The van der Waals surface area contributed by atoms with E-state index in [-0.39, 0.29) is 26.3 Å². The predicted molar refractivity (Wildman–Crippen MR) is 206 cm³/mol. The van der Waals surface area contributed by atoms with Gasteiger partial charge < -0.3 is 0 Å². The lowest BCUT2D eigenvalue weighted by Crippen LogP contribution is -2.28. The molecule has 0 amide bonds. The van der Waals surface area contributed by atoms with E-state index in [1.54, 1.807) is 15.0 Å². The summed E-state index contributed by atoms with van der Waals surface area (Å²) >= 11 is 0. The minimum Gasteiger partial charge on any atom is -0.0630 e. The first-order chi connectivity index (χ1) is 22.4. The fraction of sp³-hybridized carbons (Fsp3) is 0.571. The Labute approximate surface area is 278 Å². The third kappa shape index (κ3) is 6.34. The van der Waals surface area contributed by atoms with Gasteiger partial charge in [-0.1, -0.05) is 121 Å². The number of thiophene rings is 1. The first-order valence-corrected chi connectivity index (χ1v) is 23.2. The summed E-state index contributed by atoms with van der Waals surface area (Å²) in [5, 5.41) is 6.38. The second-order valence-electron chi connectivity index (χ2n) is 14.9. The van der Waals surface area contributed by atoms with Crippen LogP contribution in [0, 0.1) is 0 Å². The van der Waals surface area contributed by atoms with Gasteiger partial charge in [0.2, 0.25) is 0 Å². The fourth-order valence-corrected chi connectivity index (χ4v) is 22.1. The summed E-state index contributed by atoms with van der Waals surface area (Å²) in [6.07, 6.45) is 29.6. The van der Waals surface area contributed by atoms with Gasteiger partial charge in [-0.15, -0.1) is 0 Å². The first kappa shape index (κ1) is 31.0. The van der Waals surface area contributed by atoms with Gasteiger partial charge in [-0.25, -0.2) is 0 Å². The summed E-state index contributed by atoms with van der Waals surface area (Å²) in [6, 6.07) is 27.4. The minimum atomic E-state index is -0.143. The maximum absolute atomic E-state index is 2.84. The van der Waals surface area contributed by atoms with Gasteiger partial charge in [0, 0.05) is 27.2 Å². The van der Waals surface area contributed by atoms with Gasteiger partial charge in [-0.2, -0.15) is 0 Å². The van der Waals surface area contributed by atoms with Crippen molar-refractivity contribution in [2.24, 2.45) is 0 Å². The molecule has 4 fully saturated rings. The summed E-state index contributed by atoms with van der Waals surface area (Å²) in [7, 11) is -0.204. The number of hydrogen-bond donors (Lipinski definition) is 0. The average molecular weight is 654 g/mol. The summed E-state index contributed by atoms with van der Waals surface area (Å²) in [5.74, 6) is 0. The van der Waals surface area contributed by atoms with Crippen LogP contribution in [0.4, 0.5) is 0 Å². The molecular weight excluding hydrogens is 598 g/mol. The highest BCUT2D eigenvalue weighted by Crippen LogP contribution is 2.62. The van der Waals surface area contributed by atoms with E-state index in [9.17, 15) is 0 Å². The second-order valence-corrected chi connectivity index (χ2v) is 22.7. The molecule has 1 unspecified atom stereocenters. The zero-order valence-electron chi connectivity index (χ0n) is 27.6. The van der Waals surface area contributed by atoms with Gasteiger partial charge in [0.05, 0.1) is 0 Å². The molecule has 4 saturated carbocycles. The van der Waals surface area contributed by atoms with Crippen molar-refractivity contribution in [1.82, 2.24) is 0 Å². The van der Waals surface area contributed by atoms with E-state index in [1.807, 2.05) is 9.92 Å². The molecule has 0 spiro atoms. The molecule has 0 bridgehead atoms. The van der Waals surface area contributed by atoms with Crippen LogP contribution >= 0.6 is 26.3 Å². The summed E-state index contributed by atoms with van der Waals surface area (Å²) in [5.41, 5.74) is 3.80. The van der Waals surface area contributed by atoms with E-state index in [4.69, 9.17) is 0 Å². The highest BCUT2D eigenvalue weighted by atomic mass is 32.2. The van der Waals surface area contributed by atoms with Crippen molar-refractivity contribution in [2.75, 3.05) is 0 Å². The molecule has 1 heterocycles. The summed E-state index contributed by atoms with van der Waals surface area (Å²) < 4.78 is 3.61. The molecule has 4 aromatic rings. The van der Waals surface area contributed by atoms with Crippen molar-refractivity contribution in [3.8, 4) is 4.90 Å². The first-order valence-electron chi connectivity index (χ1n) is 19.0. The Morgan fingerprint density at radius 3 is 1.51 bits per heavy atom. The van der Waals surface area contributed by atoms with Crippen LogP contribution in [0.2, 0.25) is 0 Å². The van der Waals surface area contributed by atoms with E-state index < -0.39 is 0 Å². The van der Waals surface area contributed by atoms with Crippen LogP contribution in [0.5, 0.6) is 0 Å². The molecule has 0 saturated heterocycles. The zero-order valence-corrected chi connectivity index (χ0v) is 30.2. The molecule has 4 aliphatic carbocycles. The molecule has 0 N–H and O–H groups in total. The monoisotopic (exact) mass is 653 g/mol. The molecule has 8 rings (SSSR count). The van der Waals surface area contributed by atoms with Gasteiger partial charge in [-0.05, 0) is 117 Å². The standard InChI is InChI=1S/C42H55P2S/c1-5-18-33(19-6-1)43(34-20-7-2-8-21-34)39-27-15-16-28-41(39)45-40-30-29-32-17-13-14-26-37(32)38(40)31-42(45)44(35-22-9-3-10-23-35)36-24-11-4-12-25-36/h13-17,26-31,33-36H,1-12,18-25H2/q+1.